The predicted molar refractivity (Wildman–Crippen MR) is 67.9 cm³/mol. The van der Waals surface area contributed by atoms with Gasteiger partial charge in [0.1, 0.15) is 0 Å². The number of nitrogens with one attached hydrogen (secondary N) is 1. The van der Waals surface area contributed by atoms with E-state index in [0.717, 1.165) is 32.8 Å². The molecule has 96 valence electrons. The zero-order valence-corrected chi connectivity index (χ0v) is 11.2. The van der Waals surface area contributed by atoms with E-state index in [1.165, 1.54) is 6.42 Å². The lowest BCUT2D eigenvalue weighted by Crippen LogP contribution is -2.46. The number of rotatable bonds is 6. The number of hydrogen-bond donors (Lipinski definition) is 1. The van der Waals surface area contributed by atoms with Crippen molar-refractivity contribution < 1.29 is 4.74 Å². The average Bonchev–Trinajstić information content (AvgIpc) is 2.23. The van der Waals surface area contributed by atoms with E-state index in [4.69, 9.17) is 4.74 Å². The smallest absolute Gasteiger partial charge is 0.0826 e. The number of hydrogen-bond acceptors (Lipinski definition) is 4. The quantitative estimate of drug-likeness (QED) is 0.706. The molecule has 0 aromatic carbocycles. The molecule has 0 aromatic heterocycles. The Morgan fingerprint density at radius 3 is 2.88 bits per heavy atom. The fraction of sp³-hybridized carbons (Fsp3) is 1.00. The van der Waals surface area contributed by atoms with Gasteiger partial charge >= 0.3 is 0 Å². The van der Waals surface area contributed by atoms with Crippen molar-refractivity contribution in [3.63, 3.8) is 0 Å². The van der Waals surface area contributed by atoms with E-state index in [1.807, 2.05) is 0 Å². The van der Waals surface area contributed by atoms with Gasteiger partial charge in [0.25, 0.3) is 0 Å². The Kier molecular flexibility index (Phi) is 6.28. The molecule has 1 fully saturated rings. The van der Waals surface area contributed by atoms with Gasteiger partial charge in [-0.15, -0.1) is 0 Å². The van der Waals surface area contributed by atoms with Gasteiger partial charge in [-0.2, -0.15) is 0 Å². The maximum absolute atomic E-state index is 5.71. The van der Waals surface area contributed by atoms with E-state index >= 15 is 0 Å². The third-order valence-corrected chi connectivity index (χ3v) is 3.05. The Morgan fingerprint density at radius 2 is 2.25 bits per heavy atom. The summed E-state index contributed by atoms with van der Waals surface area (Å²) in [5.41, 5.74) is 0. The second kappa shape index (κ2) is 7.22. The highest BCUT2D eigenvalue weighted by Gasteiger charge is 2.17. The van der Waals surface area contributed by atoms with Crippen molar-refractivity contribution in [3.8, 4) is 0 Å². The van der Waals surface area contributed by atoms with Crippen LogP contribution in [0.25, 0.3) is 0 Å². The van der Waals surface area contributed by atoms with E-state index in [0.29, 0.717) is 12.1 Å². The van der Waals surface area contributed by atoms with Crippen LogP contribution in [0.5, 0.6) is 0 Å². The van der Waals surface area contributed by atoms with Crippen LogP contribution in [0.4, 0.5) is 0 Å². The summed E-state index contributed by atoms with van der Waals surface area (Å²) in [7, 11) is 6.39. The van der Waals surface area contributed by atoms with Gasteiger partial charge in [-0.3, -0.25) is 0 Å². The van der Waals surface area contributed by atoms with Crippen molar-refractivity contribution in [3.05, 3.63) is 0 Å². The Balaban J connectivity index is 2.08. The number of likely N-dealkylation sites (N-methyl/N-ethyl adjacent to an activating group) is 1. The van der Waals surface area contributed by atoms with Crippen molar-refractivity contribution in [1.29, 1.82) is 0 Å². The zero-order chi connectivity index (χ0) is 12.0. The summed E-state index contributed by atoms with van der Waals surface area (Å²) in [5.74, 6) is 0. The van der Waals surface area contributed by atoms with Gasteiger partial charge in [-0.1, -0.05) is 0 Å². The van der Waals surface area contributed by atoms with Crippen LogP contribution in [0.3, 0.4) is 0 Å². The largest absolute Gasteiger partial charge is 0.374 e. The van der Waals surface area contributed by atoms with E-state index in [1.54, 1.807) is 0 Å². The highest BCUT2D eigenvalue weighted by atomic mass is 16.5. The average molecular weight is 229 g/mol. The Bertz CT molecular complexity index is 187. The Hall–Kier alpha value is -0.160. The molecule has 0 aliphatic carbocycles. The topological polar surface area (TPSA) is 27.7 Å². The Morgan fingerprint density at radius 1 is 1.50 bits per heavy atom. The molecule has 0 spiro atoms. The van der Waals surface area contributed by atoms with Crippen LogP contribution in [-0.2, 0) is 4.74 Å². The molecule has 2 atom stereocenters. The number of ether oxygens (including phenoxy) is 1. The normalized spacial score (nSPS) is 24.9. The van der Waals surface area contributed by atoms with E-state index in [2.05, 4.69) is 43.2 Å². The molecule has 4 heteroatoms. The monoisotopic (exact) mass is 229 g/mol. The molecule has 0 saturated carbocycles. The maximum atomic E-state index is 5.71. The van der Waals surface area contributed by atoms with E-state index < -0.39 is 0 Å². The Labute approximate surface area is 99.9 Å². The van der Waals surface area contributed by atoms with Gasteiger partial charge < -0.3 is 19.9 Å². The second-order valence-corrected chi connectivity index (χ2v) is 5.16. The zero-order valence-electron chi connectivity index (χ0n) is 11.2. The third-order valence-electron chi connectivity index (χ3n) is 3.05. The SMILES string of the molecule is CC(CCN(C)C)NCC1CN(C)CCO1. The molecule has 0 radical (unpaired) electrons. The van der Waals surface area contributed by atoms with Gasteiger partial charge in [0.15, 0.2) is 0 Å². The first kappa shape index (κ1) is 13.9. The van der Waals surface area contributed by atoms with Crippen molar-refractivity contribution in [2.24, 2.45) is 0 Å². The molecule has 1 rings (SSSR count). The summed E-state index contributed by atoms with van der Waals surface area (Å²) in [6.07, 6.45) is 1.55. The summed E-state index contributed by atoms with van der Waals surface area (Å²) >= 11 is 0. The van der Waals surface area contributed by atoms with Gasteiger partial charge in [-0.05, 0) is 41.0 Å². The molecule has 16 heavy (non-hydrogen) atoms. The van der Waals surface area contributed by atoms with E-state index in [9.17, 15) is 0 Å². The molecule has 0 bridgehead atoms. The summed E-state index contributed by atoms with van der Waals surface area (Å²) in [6.45, 7) is 7.34. The van der Waals surface area contributed by atoms with Gasteiger partial charge in [0.05, 0.1) is 12.7 Å². The van der Waals surface area contributed by atoms with Crippen LogP contribution in [-0.4, -0.2) is 75.9 Å². The first-order chi connectivity index (χ1) is 7.58. The molecule has 4 nitrogen and oxygen atoms in total. The van der Waals surface area contributed by atoms with Crippen LogP contribution in [0.15, 0.2) is 0 Å². The van der Waals surface area contributed by atoms with Gasteiger partial charge in [0.2, 0.25) is 0 Å². The molecule has 2 unspecified atom stereocenters. The lowest BCUT2D eigenvalue weighted by Gasteiger charge is -2.31. The minimum atomic E-state index is 0.362. The van der Waals surface area contributed by atoms with Crippen LogP contribution >= 0.6 is 0 Å². The lowest BCUT2D eigenvalue weighted by atomic mass is 10.2. The minimum Gasteiger partial charge on any atom is -0.374 e. The van der Waals surface area contributed by atoms with Crippen LogP contribution < -0.4 is 5.32 Å². The maximum Gasteiger partial charge on any atom is 0.0826 e. The van der Waals surface area contributed by atoms with Gasteiger partial charge in [-0.25, -0.2) is 0 Å². The van der Waals surface area contributed by atoms with Crippen molar-refractivity contribution >= 4 is 0 Å². The molecule has 1 heterocycles. The number of morpholine rings is 1. The number of nitrogens with zero attached hydrogens (tertiary/aromatic N) is 2. The summed E-state index contributed by atoms with van der Waals surface area (Å²) < 4.78 is 5.71. The molecular formula is C12H27N3O. The first-order valence-corrected chi connectivity index (χ1v) is 6.26. The lowest BCUT2D eigenvalue weighted by molar-refractivity contribution is -0.0192. The first-order valence-electron chi connectivity index (χ1n) is 6.26. The predicted octanol–water partition coefficient (Wildman–Crippen LogP) is 0.247. The van der Waals surface area contributed by atoms with Crippen molar-refractivity contribution in [1.82, 2.24) is 15.1 Å². The van der Waals surface area contributed by atoms with E-state index in [-0.39, 0.29) is 0 Å². The molecule has 0 amide bonds. The molecule has 1 aliphatic heterocycles. The summed E-state index contributed by atoms with van der Waals surface area (Å²) in [4.78, 5) is 4.56. The standard InChI is InChI=1S/C12H27N3O/c1-11(5-6-14(2)3)13-9-12-10-15(4)7-8-16-12/h11-13H,5-10H2,1-4H3. The minimum absolute atomic E-state index is 0.362. The second-order valence-electron chi connectivity index (χ2n) is 5.16. The summed E-state index contributed by atoms with van der Waals surface area (Å²) in [6, 6.07) is 0.568. The highest BCUT2D eigenvalue weighted by Crippen LogP contribution is 2.02. The molecule has 1 N–H and O–H groups in total. The summed E-state index contributed by atoms with van der Waals surface area (Å²) in [5, 5.41) is 3.55. The van der Waals surface area contributed by atoms with Crippen molar-refractivity contribution in [2.45, 2.75) is 25.5 Å². The fourth-order valence-electron chi connectivity index (χ4n) is 1.88. The molecule has 1 saturated heterocycles. The molecular weight excluding hydrogens is 202 g/mol. The van der Waals surface area contributed by atoms with Crippen LogP contribution in [0.2, 0.25) is 0 Å². The van der Waals surface area contributed by atoms with Crippen molar-refractivity contribution in [2.75, 3.05) is 53.9 Å². The molecule has 1 aliphatic rings. The highest BCUT2D eigenvalue weighted by molar-refractivity contribution is 4.73. The van der Waals surface area contributed by atoms with Crippen LogP contribution in [0, 0.1) is 0 Å². The fourth-order valence-corrected chi connectivity index (χ4v) is 1.88. The van der Waals surface area contributed by atoms with Gasteiger partial charge in [0, 0.05) is 25.7 Å². The van der Waals surface area contributed by atoms with Crippen LogP contribution in [0.1, 0.15) is 13.3 Å². The molecule has 0 aromatic rings. The third kappa shape index (κ3) is 5.80.